The van der Waals surface area contributed by atoms with E-state index in [1.807, 2.05) is 19.1 Å². The lowest BCUT2D eigenvalue weighted by atomic mass is 9.97. The van der Waals surface area contributed by atoms with Crippen LogP contribution < -0.4 is 4.90 Å². The van der Waals surface area contributed by atoms with Crippen molar-refractivity contribution >= 4 is 23.5 Å². The fourth-order valence-electron chi connectivity index (χ4n) is 3.99. The highest BCUT2D eigenvalue weighted by molar-refractivity contribution is 6.34. The van der Waals surface area contributed by atoms with Crippen molar-refractivity contribution in [3.8, 4) is 0 Å². The van der Waals surface area contributed by atoms with E-state index in [9.17, 15) is 14.4 Å². The van der Waals surface area contributed by atoms with Crippen molar-refractivity contribution in [2.75, 3.05) is 4.90 Å². The number of imide groups is 1. The normalized spacial score (nSPS) is 13.9. The van der Waals surface area contributed by atoms with Crippen LogP contribution in [0.3, 0.4) is 0 Å². The fourth-order valence-corrected chi connectivity index (χ4v) is 3.99. The molecule has 1 aliphatic rings. The quantitative estimate of drug-likeness (QED) is 0.357. The first-order valence-corrected chi connectivity index (χ1v) is 11.2. The molecule has 0 aliphatic carbocycles. The lowest BCUT2D eigenvalue weighted by molar-refractivity contribution is -0.146. The highest BCUT2D eigenvalue weighted by Gasteiger charge is 2.36. The number of esters is 1. The molecule has 0 saturated carbocycles. The Hall–Kier alpha value is -3.73. The largest absolute Gasteiger partial charge is 0.460 e. The van der Waals surface area contributed by atoms with Gasteiger partial charge in [0, 0.05) is 0 Å². The summed E-state index contributed by atoms with van der Waals surface area (Å²) in [5.74, 6) is -0.737. The lowest BCUT2D eigenvalue weighted by Gasteiger charge is -2.15. The van der Waals surface area contributed by atoms with Gasteiger partial charge in [-0.3, -0.25) is 14.4 Å². The molecular formula is C28H27NO4. The monoisotopic (exact) mass is 441 g/mol. The minimum absolute atomic E-state index is 0.122. The molecule has 0 N–H and O–H groups in total. The maximum Gasteiger partial charge on any atom is 0.313 e. The van der Waals surface area contributed by atoms with Gasteiger partial charge in [-0.05, 0) is 60.2 Å². The number of fused-ring (bicyclic) bond motifs is 1. The van der Waals surface area contributed by atoms with Gasteiger partial charge in [0.25, 0.3) is 11.8 Å². The topological polar surface area (TPSA) is 63.7 Å². The second kappa shape index (κ2) is 9.41. The summed E-state index contributed by atoms with van der Waals surface area (Å²) in [5, 5.41) is 0. The van der Waals surface area contributed by atoms with Crippen molar-refractivity contribution in [1.82, 2.24) is 0 Å². The van der Waals surface area contributed by atoms with Gasteiger partial charge in [-0.2, -0.15) is 0 Å². The van der Waals surface area contributed by atoms with E-state index in [1.54, 1.807) is 48.5 Å². The SMILES string of the molecule is CC(C)Cc1ccc(C(C)C(=O)OCc2ccc(N3C(=O)c4ccccc4C3=O)cc2)cc1. The van der Waals surface area contributed by atoms with Gasteiger partial charge in [-0.1, -0.05) is 62.4 Å². The van der Waals surface area contributed by atoms with Crippen molar-refractivity contribution in [2.24, 2.45) is 5.92 Å². The zero-order chi connectivity index (χ0) is 23.5. The molecule has 1 aliphatic heterocycles. The van der Waals surface area contributed by atoms with Gasteiger partial charge in [-0.15, -0.1) is 0 Å². The van der Waals surface area contributed by atoms with E-state index >= 15 is 0 Å². The minimum Gasteiger partial charge on any atom is -0.460 e. The maximum atomic E-state index is 12.6. The fraction of sp³-hybridized carbons (Fsp3) is 0.250. The molecule has 5 heteroatoms. The van der Waals surface area contributed by atoms with Crippen molar-refractivity contribution in [3.63, 3.8) is 0 Å². The van der Waals surface area contributed by atoms with E-state index in [1.165, 1.54) is 10.5 Å². The Labute approximate surface area is 194 Å². The molecule has 0 aromatic heterocycles. The van der Waals surface area contributed by atoms with Gasteiger partial charge in [0.15, 0.2) is 0 Å². The zero-order valence-electron chi connectivity index (χ0n) is 19.1. The van der Waals surface area contributed by atoms with Crippen LogP contribution in [0, 0.1) is 5.92 Å². The Bertz CT molecular complexity index is 1140. The van der Waals surface area contributed by atoms with Gasteiger partial charge in [-0.25, -0.2) is 4.90 Å². The summed E-state index contributed by atoms with van der Waals surface area (Å²) in [6.45, 7) is 6.32. The molecule has 1 atom stereocenters. The van der Waals surface area contributed by atoms with Gasteiger partial charge in [0.1, 0.15) is 6.61 Å². The second-order valence-corrected chi connectivity index (χ2v) is 8.83. The number of ether oxygens (including phenoxy) is 1. The lowest BCUT2D eigenvalue weighted by Crippen LogP contribution is -2.29. The van der Waals surface area contributed by atoms with Crippen LogP contribution in [-0.4, -0.2) is 17.8 Å². The summed E-state index contributed by atoms with van der Waals surface area (Å²) in [7, 11) is 0. The molecule has 1 unspecified atom stereocenters. The summed E-state index contributed by atoms with van der Waals surface area (Å²) < 4.78 is 5.51. The van der Waals surface area contributed by atoms with Gasteiger partial charge in [0.05, 0.1) is 22.7 Å². The van der Waals surface area contributed by atoms with Crippen LogP contribution >= 0.6 is 0 Å². The van der Waals surface area contributed by atoms with Crippen LogP contribution in [0.5, 0.6) is 0 Å². The van der Waals surface area contributed by atoms with Crippen LogP contribution in [0.15, 0.2) is 72.8 Å². The molecule has 0 bridgehead atoms. The van der Waals surface area contributed by atoms with E-state index in [-0.39, 0.29) is 30.3 Å². The molecule has 0 fully saturated rings. The van der Waals surface area contributed by atoms with Crippen molar-refractivity contribution < 1.29 is 19.1 Å². The predicted molar refractivity (Wildman–Crippen MR) is 127 cm³/mol. The Morgan fingerprint density at radius 1 is 0.788 bits per heavy atom. The van der Waals surface area contributed by atoms with E-state index in [4.69, 9.17) is 4.74 Å². The minimum atomic E-state index is -0.365. The first-order valence-electron chi connectivity index (χ1n) is 11.2. The second-order valence-electron chi connectivity index (χ2n) is 8.83. The molecule has 2 amide bonds. The Balaban J connectivity index is 1.36. The Morgan fingerprint density at radius 2 is 1.33 bits per heavy atom. The van der Waals surface area contributed by atoms with Crippen molar-refractivity contribution in [2.45, 2.75) is 39.7 Å². The van der Waals surface area contributed by atoms with Crippen LogP contribution in [0.25, 0.3) is 0 Å². The van der Waals surface area contributed by atoms with Crippen LogP contribution in [0.2, 0.25) is 0 Å². The van der Waals surface area contributed by atoms with Crippen LogP contribution in [-0.2, 0) is 22.6 Å². The van der Waals surface area contributed by atoms with Crippen molar-refractivity contribution in [1.29, 1.82) is 0 Å². The Morgan fingerprint density at radius 3 is 1.88 bits per heavy atom. The highest BCUT2D eigenvalue weighted by Crippen LogP contribution is 2.28. The molecule has 0 radical (unpaired) electrons. The average molecular weight is 442 g/mol. The van der Waals surface area contributed by atoms with Crippen LogP contribution in [0.1, 0.15) is 64.1 Å². The molecule has 4 rings (SSSR count). The van der Waals surface area contributed by atoms with E-state index in [0.717, 1.165) is 17.5 Å². The molecule has 33 heavy (non-hydrogen) atoms. The number of rotatable bonds is 7. The number of nitrogens with zero attached hydrogens (tertiary/aromatic N) is 1. The predicted octanol–water partition coefficient (Wildman–Crippen LogP) is 5.53. The molecule has 0 spiro atoms. The molecule has 0 saturated heterocycles. The molecule has 3 aromatic carbocycles. The third-order valence-electron chi connectivity index (χ3n) is 5.85. The summed E-state index contributed by atoms with van der Waals surface area (Å²) in [4.78, 5) is 39.0. The smallest absolute Gasteiger partial charge is 0.313 e. The third kappa shape index (κ3) is 4.72. The average Bonchev–Trinajstić information content (AvgIpc) is 3.07. The molecular weight excluding hydrogens is 414 g/mol. The highest BCUT2D eigenvalue weighted by atomic mass is 16.5. The van der Waals surface area contributed by atoms with E-state index < -0.39 is 0 Å². The summed E-state index contributed by atoms with van der Waals surface area (Å²) in [5.41, 5.74) is 4.27. The maximum absolute atomic E-state index is 12.6. The van der Waals surface area contributed by atoms with E-state index in [2.05, 4.69) is 26.0 Å². The molecule has 3 aromatic rings. The summed E-state index contributed by atoms with van der Waals surface area (Å²) in [6, 6.07) is 21.8. The third-order valence-corrected chi connectivity index (χ3v) is 5.85. The number of benzene rings is 3. The molecule has 168 valence electrons. The standard InChI is InChI=1S/C28H27NO4/c1-18(2)16-20-8-12-22(13-9-20)19(3)28(32)33-17-21-10-14-23(15-11-21)29-26(30)24-6-4-5-7-25(24)27(29)31/h4-15,18-19H,16-17H2,1-3H3. The zero-order valence-corrected chi connectivity index (χ0v) is 19.1. The van der Waals surface area contributed by atoms with Gasteiger partial charge in [0.2, 0.25) is 0 Å². The van der Waals surface area contributed by atoms with Crippen molar-refractivity contribution in [3.05, 3.63) is 101 Å². The number of hydrogen-bond acceptors (Lipinski definition) is 4. The molecule has 1 heterocycles. The first kappa shape index (κ1) is 22.5. The van der Waals surface area contributed by atoms with Crippen LogP contribution in [0.4, 0.5) is 5.69 Å². The number of carbonyl (C=O) groups excluding carboxylic acids is 3. The summed E-state index contributed by atoms with van der Waals surface area (Å²) >= 11 is 0. The number of carbonyl (C=O) groups is 3. The van der Waals surface area contributed by atoms with E-state index in [0.29, 0.717) is 22.7 Å². The number of anilines is 1. The Kier molecular flexibility index (Phi) is 6.40. The van der Waals surface area contributed by atoms with Gasteiger partial charge >= 0.3 is 5.97 Å². The number of hydrogen-bond donors (Lipinski definition) is 0. The first-order chi connectivity index (χ1) is 15.8. The van der Waals surface area contributed by atoms with Gasteiger partial charge < -0.3 is 4.74 Å². The number of amides is 2. The molecule has 5 nitrogen and oxygen atoms in total. The summed E-state index contributed by atoms with van der Waals surface area (Å²) in [6.07, 6.45) is 1.01.